The lowest BCUT2D eigenvalue weighted by atomic mass is 10.00. The van der Waals surface area contributed by atoms with E-state index in [4.69, 9.17) is 5.11 Å². The Morgan fingerprint density at radius 1 is 0.800 bits per heavy atom. The average molecular weight is 410 g/mol. The molecule has 0 radical (unpaired) electrons. The van der Waals surface area contributed by atoms with Gasteiger partial charge in [0, 0.05) is 18.7 Å². The van der Waals surface area contributed by atoms with E-state index >= 15 is 0 Å². The van der Waals surface area contributed by atoms with Gasteiger partial charge in [-0.1, -0.05) is 92.6 Å². The molecular formula is C27H36FNO. The molecule has 2 N–H and O–H groups in total. The van der Waals surface area contributed by atoms with Crippen molar-refractivity contribution in [1.29, 1.82) is 0 Å². The van der Waals surface area contributed by atoms with Crippen LogP contribution in [-0.2, 0) is 13.0 Å². The molecule has 0 saturated carbocycles. The number of rotatable bonds is 7. The molecule has 0 heterocycles. The predicted octanol–water partition coefficient (Wildman–Crippen LogP) is 6.63. The summed E-state index contributed by atoms with van der Waals surface area (Å²) in [6.07, 6.45) is 4.89. The summed E-state index contributed by atoms with van der Waals surface area (Å²) in [5.41, 5.74) is 4.08. The van der Waals surface area contributed by atoms with Crippen molar-refractivity contribution < 1.29 is 9.50 Å². The molecule has 0 bridgehead atoms. The maximum Gasteiger partial charge on any atom is 0.128 e. The fraction of sp³-hybridized carbons (Fsp3) is 0.333. The van der Waals surface area contributed by atoms with E-state index in [9.17, 15) is 4.39 Å². The summed E-state index contributed by atoms with van der Waals surface area (Å²) in [6.45, 7) is 4.71. The average Bonchev–Trinajstić information content (AvgIpc) is 2.78. The van der Waals surface area contributed by atoms with Gasteiger partial charge in [-0.3, -0.25) is 0 Å². The van der Waals surface area contributed by atoms with Crippen molar-refractivity contribution in [2.45, 2.75) is 46.1 Å². The Morgan fingerprint density at radius 3 is 1.80 bits per heavy atom. The number of benzene rings is 3. The van der Waals surface area contributed by atoms with Crippen LogP contribution < -0.4 is 5.32 Å². The Kier molecular flexibility index (Phi) is 13.9. The maximum atomic E-state index is 14.0. The van der Waals surface area contributed by atoms with Crippen molar-refractivity contribution in [1.82, 2.24) is 5.32 Å². The monoisotopic (exact) mass is 409 g/mol. The molecule has 0 unspecified atom stereocenters. The zero-order valence-electron chi connectivity index (χ0n) is 18.6. The first-order chi connectivity index (χ1) is 14.7. The SMILES string of the molecule is CCCCCc1ccc(-c2ccc(CNC)c(F)c2)cc1.CCO.c1ccccc1. The Balaban J connectivity index is 0.000000415. The summed E-state index contributed by atoms with van der Waals surface area (Å²) in [7, 11) is 1.82. The summed E-state index contributed by atoms with van der Waals surface area (Å²) in [5, 5.41) is 10.5. The number of aliphatic hydroxyl groups is 1. The largest absolute Gasteiger partial charge is 0.397 e. The minimum Gasteiger partial charge on any atom is -0.397 e. The smallest absolute Gasteiger partial charge is 0.128 e. The van der Waals surface area contributed by atoms with Crippen LogP contribution in [0, 0.1) is 5.82 Å². The topological polar surface area (TPSA) is 32.3 Å². The van der Waals surface area contributed by atoms with Crippen molar-refractivity contribution in [3.63, 3.8) is 0 Å². The van der Waals surface area contributed by atoms with Gasteiger partial charge in [0.2, 0.25) is 0 Å². The summed E-state index contributed by atoms with van der Waals surface area (Å²) < 4.78 is 14.0. The summed E-state index contributed by atoms with van der Waals surface area (Å²) >= 11 is 0. The molecule has 3 aromatic rings. The molecular weight excluding hydrogens is 373 g/mol. The van der Waals surface area contributed by atoms with Gasteiger partial charge in [0.1, 0.15) is 5.82 Å². The number of hydrogen-bond acceptors (Lipinski definition) is 2. The van der Waals surface area contributed by atoms with Gasteiger partial charge >= 0.3 is 0 Å². The fourth-order valence-corrected chi connectivity index (χ4v) is 2.89. The Hall–Kier alpha value is -2.49. The summed E-state index contributed by atoms with van der Waals surface area (Å²) in [4.78, 5) is 0. The molecule has 3 aromatic carbocycles. The van der Waals surface area contributed by atoms with Crippen LogP contribution in [0.5, 0.6) is 0 Å². The Morgan fingerprint density at radius 2 is 1.33 bits per heavy atom. The quantitative estimate of drug-likeness (QED) is 0.429. The highest BCUT2D eigenvalue weighted by atomic mass is 19.1. The first-order valence-corrected chi connectivity index (χ1v) is 10.8. The number of aryl methyl sites for hydroxylation is 1. The van der Waals surface area contributed by atoms with Gasteiger partial charge in [0.05, 0.1) is 0 Å². The molecule has 0 aliphatic rings. The van der Waals surface area contributed by atoms with Crippen molar-refractivity contribution >= 4 is 0 Å². The van der Waals surface area contributed by atoms with Gasteiger partial charge < -0.3 is 10.4 Å². The highest BCUT2D eigenvalue weighted by Gasteiger charge is 2.05. The van der Waals surface area contributed by atoms with Crippen LogP contribution >= 0.6 is 0 Å². The van der Waals surface area contributed by atoms with E-state index in [0.717, 1.165) is 17.5 Å². The van der Waals surface area contributed by atoms with E-state index in [0.29, 0.717) is 12.1 Å². The minimum atomic E-state index is -0.145. The standard InChI is InChI=1S/C19H24FN.C6H6.C2H6O/c1-3-4-5-6-15-7-9-16(10-8-15)17-11-12-18(14-21-2)19(20)13-17;1-2-4-6-5-3-1;1-2-3/h7-13,21H,3-6,14H2,1-2H3;1-6H;3H,2H2,1H3. The lowest BCUT2D eigenvalue weighted by molar-refractivity contribution is 0.318. The number of hydrogen-bond donors (Lipinski definition) is 2. The third-order valence-electron chi connectivity index (χ3n) is 4.44. The minimum absolute atomic E-state index is 0.145. The van der Waals surface area contributed by atoms with Crippen LogP contribution in [0.1, 0.15) is 44.2 Å². The second kappa shape index (κ2) is 16.3. The van der Waals surface area contributed by atoms with E-state index in [1.54, 1.807) is 13.0 Å². The van der Waals surface area contributed by atoms with Crippen LogP contribution in [-0.4, -0.2) is 18.8 Å². The van der Waals surface area contributed by atoms with Gasteiger partial charge in [0.25, 0.3) is 0 Å². The lowest BCUT2D eigenvalue weighted by Crippen LogP contribution is -2.06. The molecule has 3 rings (SSSR count). The fourth-order valence-electron chi connectivity index (χ4n) is 2.89. The first-order valence-electron chi connectivity index (χ1n) is 10.8. The van der Waals surface area contributed by atoms with Gasteiger partial charge in [0.15, 0.2) is 0 Å². The van der Waals surface area contributed by atoms with Crippen molar-refractivity contribution in [3.8, 4) is 11.1 Å². The van der Waals surface area contributed by atoms with E-state index in [2.05, 4.69) is 36.5 Å². The molecule has 0 aliphatic heterocycles. The highest BCUT2D eigenvalue weighted by Crippen LogP contribution is 2.23. The van der Waals surface area contributed by atoms with E-state index in [-0.39, 0.29) is 12.4 Å². The summed E-state index contributed by atoms with van der Waals surface area (Å²) in [5.74, 6) is -0.145. The maximum absolute atomic E-state index is 14.0. The number of halogens is 1. The van der Waals surface area contributed by atoms with Crippen molar-refractivity contribution in [2.75, 3.05) is 13.7 Å². The van der Waals surface area contributed by atoms with Crippen LogP contribution in [0.3, 0.4) is 0 Å². The Labute approximate surface area is 181 Å². The van der Waals surface area contributed by atoms with Gasteiger partial charge in [-0.15, -0.1) is 0 Å². The second-order valence-electron chi connectivity index (χ2n) is 6.96. The molecule has 0 aromatic heterocycles. The summed E-state index contributed by atoms with van der Waals surface area (Å²) in [6, 6.07) is 26.0. The van der Waals surface area contributed by atoms with Gasteiger partial charge in [-0.25, -0.2) is 4.39 Å². The van der Waals surface area contributed by atoms with E-state index < -0.39 is 0 Å². The molecule has 3 heteroatoms. The normalized spacial score (nSPS) is 9.77. The van der Waals surface area contributed by atoms with E-state index in [1.807, 2.05) is 55.6 Å². The third kappa shape index (κ3) is 10.3. The molecule has 2 nitrogen and oxygen atoms in total. The van der Waals surface area contributed by atoms with Crippen LogP contribution in [0.25, 0.3) is 11.1 Å². The number of aliphatic hydroxyl groups excluding tert-OH is 1. The molecule has 0 spiro atoms. The number of nitrogens with one attached hydrogen (secondary N) is 1. The van der Waals surface area contributed by atoms with Gasteiger partial charge in [-0.2, -0.15) is 0 Å². The van der Waals surface area contributed by atoms with Crippen LogP contribution in [0.4, 0.5) is 4.39 Å². The lowest BCUT2D eigenvalue weighted by Gasteiger charge is -2.07. The molecule has 30 heavy (non-hydrogen) atoms. The highest BCUT2D eigenvalue weighted by molar-refractivity contribution is 5.64. The molecule has 0 atom stereocenters. The predicted molar refractivity (Wildman–Crippen MR) is 127 cm³/mol. The Bertz CT molecular complexity index is 761. The van der Waals surface area contributed by atoms with Crippen molar-refractivity contribution in [3.05, 3.63) is 95.8 Å². The molecule has 162 valence electrons. The molecule has 0 fully saturated rings. The zero-order valence-corrected chi connectivity index (χ0v) is 18.6. The van der Waals surface area contributed by atoms with E-state index in [1.165, 1.54) is 24.8 Å². The van der Waals surface area contributed by atoms with Crippen molar-refractivity contribution in [2.24, 2.45) is 0 Å². The molecule has 0 amide bonds. The number of unbranched alkanes of at least 4 members (excludes halogenated alkanes) is 2. The zero-order chi connectivity index (χ0) is 22.0. The van der Waals surface area contributed by atoms with Crippen LogP contribution in [0.2, 0.25) is 0 Å². The van der Waals surface area contributed by atoms with Gasteiger partial charge in [-0.05, 0) is 49.6 Å². The first kappa shape index (κ1) is 25.5. The second-order valence-corrected chi connectivity index (χ2v) is 6.96. The van der Waals surface area contributed by atoms with Crippen LogP contribution in [0.15, 0.2) is 78.9 Å². The molecule has 0 saturated heterocycles. The third-order valence-corrected chi connectivity index (χ3v) is 4.44. The molecule has 0 aliphatic carbocycles.